The summed E-state index contributed by atoms with van der Waals surface area (Å²) in [6, 6.07) is 9.92. The van der Waals surface area contributed by atoms with E-state index in [2.05, 4.69) is 33.0 Å². The van der Waals surface area contributed by atoms with Crippen LogP contribution in [0.5, 0.6) is 0 Å². The van der Waals surface area contributed by atoms with Gasteiger partial charge in [-0.2, -0.15) is 0 Å². The number of amidine groups is 1. The van der Waals surface area contributed by atoms with Crippen LogP contribution in [0.15, 0.2) is 75.5 Å². The number of hydrogen-bond acceptors (Lipinski definition) is 5. The summed E-state index contributed by atoms with van der Waals surface area (Å²) in [5.74, 6) is 0.480. The van der Waals surface area contributed by atoms with Gasteiger partial charge < -0.3 is 5.73 Å². The normalized spacial score (nSPS) is 17.8. The van der Waals surface area contributed by atoms with Crippen molar-refractivity contribution < 1.29 is 0 Å². The molecule has 0 saturated heterocycles. The Labute approximate surface area is 132 Å². The molecule has 2 N–H and O–H groups in total. The van der Waals surface area contributed by atoms with Gasteiger partial charge in [0.25, 0.3) is 0 Å². The SMILES string of the molecule is C=C(Cl)/N=C1\C(=C/N)N=NN1Cc1ccc2ncccc2c1. The second-order valence-electron chi connectivity index (χ2n) is 4.64. The molecule has 6 nitrogen and oxygen atoms in total. The molecule has 0 saturated carbocycles. The lowest BCUT2D eigenvalue weighted by atomic mass is 10.1. The van der Waals surface area contributed by atoms with E-state index in [1.54, 1.807) is 11.2 Å². The Morgan fingerprint density at radius 3 is 3.05 bits per heavy atom. The molecule has 0 atom stereocenters. The summed E-state index contributed by atoms with van der Waals surface area (Å²) < 4.78 is 0. The smallest absolute Gasteiger partial charge is 0.181 e. The van der Waals surface area contributed by atoms with E-state index in [-0.39, 0.29) is 5.16 Å². The molecular weight excluding hydrogens is 300 g/mol. The Bertz CT molecular complexity index is 824. The fraction of sp³-hybridized carbons (Fsp3) is 0.0667. The number of rotatable bonds is 3. The number of nitrogens with two attached hydrogens (primary N) is 1. The van der Waals surface area contributed by atoms with Crippen LogP contribution < -0.4 is 5.73 Å². The van der Waals surface area contributed by atoms with E-state index in [0.717, 1.165) is 16.5 Å². The van der Waals surface area contributed by atoms with Crippen molar-refractivity contribution in [1.29, 1.82) is 0 Å². The largest absolute Gasteiger partial charge is 0.403 e. The molecule has 2 heterocycles. The van der Waals surface area contributed by atoms with Crippen LogP contribution in [-0.4, -0.2) is 15.8 Å². The summed E-state index contributed by atoms with van der Waals surface area (Å²) >= 11 is 5.76. The summed E-state index contributed by atoms with van der Waals surface area (Å²) in [7, 11) is 0. The zero-order chi connectivity index (χ0) is 15.5. The maximum Gasteiger partial charge on any atom is 0.181 e. The van der Waals surface area contributed by atoms with Crippen LogP contribution in [0, 0.1) is 0 Å². The molecule has 0 bridgehead atoms. The second kappa shape index (κ2) is 5.95. The summed E-state index contributed by atoms with van der Waals surface area (Å²) in [6.07, 6.45) is 3.11. The van der Waals surface area contributed by atoms with E-state index < -0.39 is 0 Å². The highest BCUT2D eigenvalue weighted by Crippen LogP contribution is 2.22. The average Bonchev–Trinajstić information content (AvgIpc) is 2.88. The van der Waals surface area contributed by atoms with Crippen LogP contribution in [-0.2, 0) is 6.54 Å². The number of benzene rings is 1. The van der Waals surface area contributed by atoms with Crippen molar-refractivity contribution >= 4 is 28.3 Å². The van der Waals surface area contributed by atoms with E-state index >= 15 is 0 Å². The molecule has 0 unspecified atom stereocenters. The summed E-state index contributed by atoms with van der Waals surface area (Å²) in [5.41, 5.74) is 7.98. The van der Waals surface area contributed by atoms with Crippen LogP contribution in [0.2, 0.25) is 0 Å². The number of nitrogens with zero attached hydrogens (tertiary/aromatic N) is 5. The molecule has 0 spiro atoms. The molecule has 0 amide bonds. The number of pyridine rings is 1. The van der Waals surface area contributed by atoms with E-state index in [4.69, 9.17) is 17.3 Å². The maximum absolute atomic E-state index is 5.76. The van der Waals surface area contributed by atoms with Gasteiger partial charge in [-0.3, -0.25) is 4.98 Å². The number of halogens is 1. The van der Waals surface area contributed by atoms with Gasteiger partial charge in [-0.25, -0.2) is 10.0 Å². The molecule has 7 heteroatoms. The molecule has 0 radical (unpaired) electrons. The summed E-state index contributed by atoms with van der Waals surface area (Å²) in [6.45, 7) is 4.06. The third-order valence-corrected chi connectivity index (χ3v) is 3.20. The molecule has 22 heavy (non-hydrogen) atoms. The van der Waals surface area contributed by atoms with Gasteiger partial charge in [0.1, 0.15) is 10.9 Å². The van der Waals surface area contributed by atoms with E-state index in [0.29, 0.717) is 18.1 Å². The van der Waals surface area contributed by atoms with Gasteiger partial charge in [-0.05, 0) is 23.8 Å². The second-order valence-corrected chi connectivity index (χ2v) is 5.08. The standard InChI is InChI=1S/C15H13ClN6/c1-10(16)19-15-14(8-17)20-21-22(15)9-11-4-5-13-12(7-11)3-2-6-18-13/h2-8H,1,9,17H2/b14-8+,19-15+. The lowest BCUT2D eigenvalue weighted by Crippen LogP contribution is -2.22. The molecule has 1 aromatic heterocycles. The van der Waals surface area contributed by atoms with E-state index in [1.165, 1.54) is 6.20 Å². The van der Waals surface area contributed by atoms with Gasteiger partial charge in [0.15, 0.2) is 5.84 Å². The van der Waals surface area contributed by atoms with Gasteiger partial charge in [0.05, 0.1) is 12.1 Å². The van der Waals surface area contributed by atoms with Crippen molar-refractivity contribution in [1.82, 2.24) is 9.99 Å². The zero-order valence-electron chi connectivity index (χ0n) is 11.6. The third-order valence-electron chi connectivity index (χ3n) is 3.12. The minimum Gasteiger partial charge on any atom is -0.403 e. The number of fused-ring (bicyclic) bond motifs is 1. The van der Waals surface area contributed by atoms with Crippen molar-refractivity contribution in [2.24, 2.45) is 21.1 Å². The van der Waals surface area contributed by atoms with E-state index in [1.807, 2.05) is 24.3 Å². The van der Waals surface area contributed by atoms with Gasteiger partial charge in [-0.15, -0.1) is 5.11 Å². The molecule has 1 aromatic carbocycles. The number of aliphatic imine (C=N–C) groups is 1. The van der Waals surface area contributed by atoms with Crippen LogP contribution in [0.1, 0.15) is 5.56 Å². The Morgan fingerprint density at radius 1 is 1.41 bits per heavy atom. The minimum absolute atomic E-state index is 0.148. The minimum atomic E-state index is 0.148. The van der Waals surface area contributed by atoms with Crippen LogP contribution in [0.25, 0.3) is 10.9 Å². The van der Waals surface area contributed by atoms with E-state index in [9.17, 15) is 0 Å². The van der Waals surface area contributed by atoms with Crippen molar-refractivity contribution in [2.75, 3.05) is 0 Å². The van der Waals surface area contributed by atoms with Gasteiger partial charge in [0, 0.05) is 17.8 Å². The van der Waals surface area contributed by atoms with Gasteiger partial charge >= 0.3 is 0 Å². The topological polar surface area (TPSA) is 79.2 Å². The maximum atomic E-state index is 5.76. The summed E-state index contributed by atoms with van der Waals surface area (Å²) in [4.78, 5) is 8.43. The molecular formula is C15H13ClN6. The highest BCUT2D eigenvalue weighted by Gasteiger charge is 2.22. The molecule has 3 rings (SSSR count). The predicted molar refractivity (Wildman–Crippen MR) is 86.8 cm³/mol. The quantitative estimate of drug-likeness (QED) is 0.883. The van der Waals surface area contributed by atoms with Crippen LogP contribution in [0.4, 0.5) is 0 Å². The first-order chi connectivity index (χ1) is 10.7. The molecule has 1 aliphatic rings. The first kappa shape index (κ1) is 14.2. The average molecular weight is 313 g/mol. The number of hydrogen-bond donors (Lipinski definition) is 1. The first-order valence-electron chi connectivity index (χ1n) is 6.55. The lowest BCUT2D eigenvalue weighted by molar-refractivity contribution is 0.433. The first-order valence-corrected chi connectivity index (χ1v) is 6.93. The monoisotopic (exact) mass is 312 g/mol. The molecule has 1 aliphatic heterocycles. The zero-order valence-corrected chi connectivity index (χ0v) is 12.4. The third kappa shape index (κ3) is 2.82. The van der Waals surface area contributed by atoms with Crippen LogP contribution >= 0.6 is 11.6 Å². The molecule has 0 aliphatic carbocycles. The molecule has 110 valence electrons. The Kier molecular flexibility index (Phi) is 3.84. The summed E-state index contributed by atoms with van der Waals surface area (Å²) in [5, 5.41) is 10.9. The molecule has 2 aromatic rings. The predicted octanol–water partition coefficient (Wildman–Crippen LogP) is 3.33. The Hall–Kier alpha value is -2.73. The van der Waals surface area contributed by atoms with Crippen LogP contribution in [0.3, 0.4) is 0 Å². The van der Waals surface area contributed by atoms with Crippen molar-refractivity contribution in [2.45, 2.75) is 6.54 Å². The highest BCUT2D eigenvalue weighted by atomic mass is 35.5. The van der Waals surface area contributed by atoms with Crippen molar-refractivity contribution in [3.63, 3.8) is 0 Å². The Morgan fingerprint density at radius 2 is 2.27 bits per heavy atom. The fourth-order valence-corrected chi connectivity index (χ4v) is 2.24. The molecule has 0 fully saturated rings. The van der Waals surface area contributed by atoms with Crippen molar-refractivity contribution in [3.8, 4) is 0 Å². The number of aromatic nitrogens is 1. The van der Waals surface area contributed by atoms with Crippen molar-refractivity contribution in [3.05, 3.63) is 65.7 Å². The fourth-order valence-electron chi connectivity index (χ4n) is 2.16. The highest BCUT2D eigenvalue weighted by molar-refractivity contribution is 6.30. The van der Waals surface area contributed by atoms with Gasteiger partial charge in [-0.1, -0.05) is 35.5 Å². The lowest BCUT2D eigenvalue weighted by Gasteiger charge is -2.13. The Balaban J connectivity index is 1.90. The van der Waals surface area contributed by atoms with Gasteiger partial charge in [0.2, 0.25) is 0 Å².